The highest BCUT2D eigenvalue weighted by Gasteiger charge is 2.12. The lowest BCUT2D eigenvalue weighted by Crippen LogP contribution is -1.97. The van der Waals surface area contributed by atoms with Gasteiger partial charge in [-0.3, -0.25) is 0 Å². The molecule has 0 saturated carbocycles. The zero-order valence-electron chi connectivity index (χ0n) is 9.33. The molecule has 1 nitrogen and oxygen atoms in total. The molecule has 1 unspecified atom stereocenters. The van der Waals surface area contributed by atoms with Crippen molar-refractivity contribution in [2.75, 3.05) is 0 Å². The molecule has 80 valence electrons. The zero-order valence-corrected chi connectivity index (χ0v) is 10.1. The van der Waals surface area contributed by atoms with Crippen LogP contribution in [0.1, 0.15) is 63.3 Å². The predicted molar refractivity (Wildman–Crippen MR) is 63.9 cm³/mol. The van der Waals surface area contributed by atoms with Crippen LogP contribution in [-0.4, -0.2) is 4.98 Å². The van der Waals surface area contributed by atoms with Crippen molar-refractivity contribution >= 4 is 11.3 Å². The molecule has 0 aliphatic rings. The van der Waals surface area contributed by atoms with Crippen molar-refractivity contribution in [1.29, 1.82) is 0 Å². The molecule has 0 N–H and O–H groups in total. The maximum absolute atomic E-state index is 4.43. The predicted octanol–water partition coefficient (Wildman–Crippen LogP) is 4.61. The molecule has 1 atom stereocenters. The second-order valence-corrected chi connectivity index (χ2v) is 4.78. The SMILES string of the molecule is CCCCCC(CCC)c1nccs1. The Kier molecular flexibility index (Phi) is 5.85. The molecule has 0 aromatic carbocycles. The average molecular weight is 211 g/mol. The Balaban J connectivity index is 2.39. The van der Waals surface area contributed by atoms with Crippen LogP contribution < -0.4 is 0 Å². The Labute approximate surface area is 91.6 Å². The summed E-state index contributed by atoms with van der Waals surface area (Å²) < 4.78 is 0. The van der Waals surface area contributed by atoms with Gasteiger partial charge in [0.15, 0.2) is 0 Å². The van der Waals surface area contributed by atoms with Crippen molar-refractivity contribution in [2.24, 2.45) is 0 Å². The highest BCUT2D eigenvalue weighted by atomic mass is 32.1. The van der Waals surface area contributed by atoms with Gasteiger partial charge in [0.2, 0.25) is 0 Å². The molecule has 0 spiro atoms. The molecule has 1 heterocycles. The lowest BCUT2D eigenvalue weighted by atomic mass is 9.97. The first-order chi connectivity index (χ1) is 6.88. The van der Waals surface area contributed by atoms with Crippen LogP contribution in [0.25, 0.3) is 0 Å². The molecule has 0 radical (unpaired) electrons. The lowest BCUT2D eigenvalue weighted by Gasteiger charge is -2.12. The Bertz CT molecular complexity index is 218. The number of nitrogens with zero attached hydrogens (tertiary/aromatic N) is 1. The highest BCUT2D eigenvalue weighted by molar-refractivity contribution is 7.09. The molecule has 1 rings (SSSR count). The number of thiazole rings is 1. The quantitative estimate of drug-likeness (QED) is 0.600. The van der Waals surface area contributed by atoms with E-state index < -0.39 is 0 Å². The van der Waals surface area contributed by atoms with Gasteiger partial charge in [0, 0.05) is 17.5 Å². The van der Waals surface area contributed by atoms with Gasteiger partial charge in [0.05, 0.1) is 5.01 Å². The maximum atomic E-state index is 4.43. The van der Waals surface area contributed by atoms with Gasteiger partial charge in [-0.2, -0.15) is 0 Å². The average Bonchev–Trinajstić information content (AvgIpc) is 2.70. The fourth-order valence-corrected chi connectivity index (χ4v) is 2.63. The van der Waals surface area contributed by atoms with Crippen molar-refractivity contribution in [3.05, 3.63) is 16.6 Å². The van der Waals surface area contributed by atoms with Gasteiger partial charge in [-0.15, -0.1) is 11.3 Å². The third-order valence-corrected chi connectivity index (χ3v) is 3.53. The van der Waals surface area contributed by atoms with Crippen LogP contribution in [0.2, 0.25) is 0 Å². The Morgan fingerprint density at radius 2 is 2.07 bits per heavy atom. The van der Waals surface area contributed by atoms with E-state index in [9.17, 15) is 0 Å². The number of unbranched alkanes of at least 4 members (excludes halogenated alkanes) is 2. The first-order valence-electron chi connectivity index (χ1n) is 5.77. The van der Waals surface area contributed by atoms with E-state index >= 15 is 0 Å². The Morgan fingerprint density at radius 1 is 1.21 bits per heavy atom. The van der Waals surface area contributed by atoms with E-state index in [1.54, 1.807) is 0 Å². The second-order valence-electron chi connectivity index (χ2n) is 3.85. The summed E-state index contributed by atoms with van der Waals surface area (Å²) in [6.45, 7) is 4.53. The van der Waals surface area contributed by atoms with E-state index in [-0.39, 0.29) is 0 Å². The smallest absolute Gasteiger partial charge is 0.0955 e. The van der Waals surface area contributed by atoms with Gasteiger partial charge < -0.3 is 0 Å². The molecule has 0 fully saturated rings. The number of hydrogen-bond donors (Lipinski definition) is 0. The monoisotopic (exact) mass is 211 g/mol. The zero-order chi connectivity index (χ0) is 10.2. The first kappa shape index (κ1) is 11.7. The van der Waals surface area contributed by atoms with Gasteiger partial charge in [-0.1, -0.05) is 39.5 Å². The molecule has 0 saturated heterocycles. The van der Waals surface area contributed by atoms with Crippen LogP contribution in [0.5, 0.6) is 0 Å². The van der Waals surface area contributed by atoms with Gasteiger partial charge in [-0.25, -0.2) is 4.98 Å². The summed E-state index contributed by atoms with van der Waals surface area (Å²) in [6, 6.07) is 0. The van der Waals surface area contributed by atoms with Crippen molar-refractivity contribution in [2.45, 2.75) is 58.3 Å². The molecule has 14 heavy (non-hydrogen) atoms. The molecule has 0 bridgehead atoms. The Hall–Kier alpha value is -0.370. The molecule has 1 aromatic heterocycles. The van der Waals surface area contributed by atoms with Gasteiger partial charge in [0.1, 0.15) is 0 Å². The number of aromatic nitrogens is 1. The minimum absolute atomic E-state index is 0.728. The largest absolute Gasteiger partial charge is 0.249 e. The maximum Gasteiger partial charge on any atom is 0.0955 e. The summed E-state index contributed by atoms with van der Waals surface area (Å²) in [5, 5.41) is 3.45. The summed E-state index contributed by atoms with van der Waals surface area (Å²) >= 11 is 1.82. The van der Waals surface area contributed by atoms with Crippen LogP contribution >= 0.6 is 11.3 Å². The fourth-order valence-electron chi connectivity index (χ4n) is 1.82. The van der Waals surface area contributed by atoms with E-state index in [0.717, 1.165) is 5.92 Å². The van der Waals surface area contributed by atoms with Crippen LogP contribution in [0.15, 0.2) is 11.6 Å². The number of hydrogen-bond acceptors (Lipinski definition) is 2. The lowest BCUT2D eigenvalue weighted by molar-refractivity contribution is 0.527. The first-order valence-corrected chi connectivity index (χ1v) is 6.65. The molecule has 0 aliphatic heterocycles. The number of rotatable bonds is 7. The minimum Gasteiger partial charge on any atom is -0.249 e. The van der Waals surface area contributed by atoms with E-state index in [4.69, 9.17) is 0 Å². The third kappa shape index (κ3) is 3.79. The molecule has 2 heteroatoms. The highest BCUT2D eigenvalue weighted by Crippen LogP contribution is 2.28. The Morgan fingerprint density at radius 3 is 2.64 bits per heavy atom. The van der Waals surface area contributed by atoms with Gasteiger partial charge >= 0.3 is 0 Å². The topological polar surface area (TPSA) is 12.9 Å². The normalized spacial score (nSPS) is 13.0. The fraction of sp³-hybridized carbons (Fsp3) is 0.750. The summed E-state index contributed by atoms with van der Waals surface area (Å²) in [6.07, 6.45) is 9.88. The molecular weight excluding hydrogens is 190 g/mol. The van der Waals surface area contributed by atoms with Gasteiger partial charge in [-0.05, 0) is 12.8 Å². The standard InChI is InChI=1S/C12H21NS/c1-3-5-6-8-11(7-4-2)12-13-9-10-14-12/h9-11H,3-8H2,1-2H3. The van der Waals surface area contributed by atoms with E-state index in [1.165, 1.54) is 43.5 Å². The van der Waals surface area contributed by atoms with Gasteiger partial charge in [0.25, 0.3) is 0 Å². The van der Waals surface area contributed by atoms with Crippen molar-refractivity contribution in [3.63, 3.8) is 0 Å². The van der Waals surface area contributed by atoms with E-state index in [2.05, 4.69) is 24.2 Å². The molecular formula is C12H21NS. The van der Waals surface area contributed by atoms with Crippen LogP contribution in [0.4, 0.5) is 0 Å². The summed E-state index contributed by atoms with van der Waals surface area (Å²) in [7, 11) is 0. The molecule has 0 amide bonds. The molecule has 1 aromatic rings. The van der Waals surface area contributed by atoms with Crippen molar-refractivity contribution in [1.82, 2.24) is 4.98 Å². The van der Waals surface area contributed by atoms with Crippen molar-refractivity contribution < 1.29 is 0 Å². The van der Waals surface area contributed by atoms with Crippen LogP contribution in [-0.2, 0) is 0 Å². The van der Waals surface area contributed by atoms with E-state index in [0.29, 0.717) is 0 Å². The summed E-state index contributed by atoms with van der Waals surface area (Å²) in [5.74, 6) is 0.728. The van der Waals surface area contributed by atoms with Crippen LogP contribution in [0, 0.1) is 0 Å². The molecule has 0 aliphatic carbocycles. The second kappa shape index (κ2) is 6.99. The summed E-state index contributed by atoms with van der Waals surface area (Å²) in [5.41, 5.74) is 0. The summed E-state index contributed by atoms with van der Waals surface area (Å²) in [4.78, 5) is 4.43. The van der Waals surface area contributed by atoms with Crippen molar-refractivity contribution in [3.8, 4) is 0 Å². The minimum atomic E-state index is 0.728. The van der Waals surface area contributed by atoms with Crippen LogP contribution in [0.3, 0.4) is 0 Å². The van der Waals surface area contributed by atoms with E-state index in [1.807, 2.05) is 17.5 Å². The third-order valence-electron chi connectivity index (χ3n) is 2.59.